The number of carbonyl (C=O) groups excluding carboxylic acids is 1. The van der Waals surface area contributed by atoms with Crippen LogP contribution < -0.4 is 10.9 Å². The molecule has 1 amide bonds. The summed E-state index contributed by atoms with van der Waals surface area (Å²) in [6.07, 6.45) is 0.568. The maximum Gasteiger partial charge on any atom is 0.254 e. The van der Waals surface area contributed by atoms with Crippen molar-refractivity contribution in [3.8, 4) is 11.4 Å². The molecule has 1 heterocycles. The zero-order valence-corrected chi connectivity index (χ0v) is 16.3. The Balaban J connectivity index is 1.96. The Kier molecular flexibility index (Phi) is 5.90. The molecule has 0 aliphatic rings. The molecule has 0 spiro atoms. The number of hydrogen-bond donors (Lipinski definition) is 1. The maximum atomic E-state index is 13.3. The number of benzene rings is 2. The Labute approximate surface area is 166 Å². The third-order valence-electron chi connectivity index (χ3n) is 4.30. The largest absolute Gasteiger partial charge is 0.324 e. The summed E-state index contributed by atoms with van der Waals surface area (Å²) >= 11 is 5.99. The van der Waals surface area contributed by atoms with Crippen LogP contribution in [0, 0.1) is 12.7 Å². The van der Waals surface area contributed by atoms with E-state index in [0.717, 1.165) is 5.56 Å². The van der Waals surface area contributed by atoms with E-state index in [4.69, 9.17) is 11.6 Å². The van der Waals surface area contributed by atoms with Gasteiger partial charge in [-0.2, -0.15) is 0 Å². The number of nitrogens with zero attached hydrogens (tertiary/aromatic N) is 2. The molecule has 5 nitrogen and oxygen atoms in total. The van der Waals surface area contributed by atoms with Crippen molar-refractivity contribution in [3.05, 3.63) is 81.0 Å². The van der Waals surface area contributed by atoms with Gasteiger partial charge in [0, 0.05) is 28.0 Å². The molecule has 0 aliphatic heterocycles. The van der Waals surface area contributed by atoms with Crippen LogP contribution in [0.25, 0.3) is 11.4 Å². The van der Waals surface area contributed by atoms with Crippen molar-refractivity contribution in [1.29, 1.82) is 0 Å². The third-order valence-corrected chi connectivity index (χ3v) is 4.54. The molecule has 0 unspecified atom stereocenters. The lowest BCUT2D eigenvalue weighted by atomic mass is 10.2. The minimum atomic E-state index is -0.390. The molecular formula is C21H19ClFN3O2. The summed E-state index contributed by atoms with van der Waals surface area (Å²) in [5, 5.41) is 3.27. The van der Waals surface area contributed by atoms with Crippen molar-refractivity contribution in [2.45, 2.75) is 26.8 Å². The predicted octanol–water partition coefficient (Wildman–Crippen LogP) is 4.21. The number of hydrogen-bond acceptors (Lipinski definition) is 3. The van der Waals surface area contributed by atoms with Crippen LogP contribution in [0.1, 0.15) is 18.2 Å². The van der Waals surface area contributed by atoms with Crippen LogP contribution in [0.5, 0.6) is 0 Å². The van der Waals surface area contributed by atoms with Crippen LogP contribution in [0.2, 0.25) is 5.02 Å². The van der Waals surface area contributed by atoms with Crippen LogP contribution in [-0.4, -0.2) is 15.5 Å². The van der Waals surface area contributed by atoms with Crippen molar-refractivity contribution in [1.82, 2.24) is 9.55 Å². The van der Waals surface area contributed by atoms with Gasteiger partial charge in [0.25, 0.3) is 5.56 Å². The molecule has 0 bridgehead atoms. The predicted molar refractivity (Wildman–Crippen MR) is 108 cm³/mol. The van der Waals surface area contributed by atoms with Gasteiger partial charge in [0.05, 0.1) is 0 Å². The molecule has 144 valence electrons. The molecule has 0 atom stereocenters. The topological polar surface area (TPSA) is 64.0 Å². The maximum absolute atomic E-state index is 13.3. The SMILES string of the molecule is CCc1cc(=O)n(CC(=O)Nc2cc(Cl)ccc2C)c(-c2ccc(F)cc2)n1. The van der Waals surface area contributed by atoms with Gasteiger partial charge in [-0.3, -0.25) is 14.2 Å². The minimum Gasteiger partial charge on any atom is -0.324 e. The zero-order valence-electron chi connectivity index (χ0n) is 15.5. The standard InChI is InChI=1S/C21H19ClFN3O2/c1-3-17-11-20(28)26(21(24-17)14-5-8-16(23)9-6-14)12-19(27)25-18-10-15(22)7-4-13(18)2/h4-11H,3,12H2,1-2H3,(H,25,27). The van der Waals surface area contributed by atoms with Gasteiger partial charge in [-0.15, -0.1) is 0 Å². The fourth-order valence-electron chi connectivity index (χ4n) is 2.77. The highest BCUT2D eigenvalue weighted by molar-refractivity contribution is 6.31. The number of aromatic nitrogens is 2. The van der Waals surface area contributed by atoms with Crippen molar-refractivity contribution in [3.63, 3.8) is 0 Å². The number of amides is 1. The monoisotopic (exact) mass is 399 g/mol. The molecule has 0 saturated carbocycles. The Bertz CT molecular complexity index is 1080. The Hall–Kier alpha value is -2.99. The van der Waals surface area contributed by atoms with E-state index >= 15 is 0 Å². The third kappa shape index (κ3) is 4.46. The number of carbonyl (C=O) groups is 1. The van der Waals surface area contributed by atoms with Gasteiger partial charge in [-0.1, -0.05) is 24.6 Å². The smallest absolute Gasteiger partial charge is 0.254 e. The highest BCUT2D eigenvalue weighted by atomic mass is 35.5. The summed E-state index contributed by atoms with van der Waals surface area (Å²) < 4.78 is 14.6. The molecule has 0 saturated heterocycles. The first kappa shape index (κ1) is 19.8. The average molecular weight is 400 g/mol. The highest BCUT2D eigenvalue weighted by Crippen LogP contribution is 2.21. The lowest BCUT2D eigenvalue weighted by Crippen LogP contribution is -2.30. The molecule has 0 radical (unpaired) electrons. The molecule has 1 aromatic heterocycles. The number of rotatable bonds is 5. The summed E-state index contributed by atoms with van der Waals surface area (Å²) in [6, 6.07) is 12.2. The van der Waals surface area contributed by atoms with E-state index in [2.05, 4.69) is 10.3 Å². The van der Waals surface area contributed by atoms with Gasteiger partial charge in [-0.25, -0.2) is 9.37 Å². The Morgan fingerprint density at radius 2 is 1.89 bits per heavy atom. The highest BCUT2D eigenvalue weighted by Gasteiger charge is 2.15. The minimum absolute atomic E-state index is 0.228. The van der Waals surface area contributed by atoms with Crippen molar-refractivity contribution < 1.29 is 9.18 Å². The van der Waals surface area contributed by atoms with Crippen LogP contribution in [0.4, 0.5) is 10.1 Å². The molecule has 7 heteroatoms. The quantitative estimate of drug-likeness (QED) is 0.698. The van der Waals surface area contributed by atoms with Crippen molar-refractivity contribution >= 4 is 23.2 Å². The van der Waals surface area contributed by atoms with Gasteiger partial charge in [0.2, 0.25) is 5.91 Å². The zero-order chi connectivity index (χ0) is 20.3. The van der Waals surface area contributed by atoms with Crippen molar-refractivity contribution in [2.24, 2.45) is 0 Å². The molecule has 3 rings (SSSR count). The molecule has 28 heavy (non-hydrogen) atoms. The Morgan fingerprint density at radius 3 is 2.57 bits per heavy atom. The fraction of sp³-hybridized carbons (Fsp3) is 0.190. The summed E-state index contributed by atoms with van der Waals surface area (Å²) in [7, 11) is 0. The molecule has 1 N–H and O–H groups in total. The second kappa shape index (κ2) is 8.35. The van der Waals surface area contributed by atoms with Crippen LogP contribution >= 0.6 is 11.6 Å². The number of nitrogens with one attached hydrogen (secondary N) is 1. The van der Waals surface area contributed by atoms with E-state index in [1.165, 1.54) is 34.9 Å². The van der Waals surface area contributed by atoms with E-state index in [1.54, 1.807) is 18.2 Å². The lowest BCUT2D eigenvalue weighted by molar-refractivity contribution is -0.116. The van der Waals surface area contributed by atoms with Gasteiger partial charge in [-0.05, 0) is 55.3 Å². The van der Waals surface area contributed by atoms with Crippen molar-refractivity contribution in [2.75, 3.05) is 5.32 Å². The molecular weight excluding hydrogens is 381 g/mol. The van der Waals surface area contributed by atoms with Gasteiger partial charge < -0.3 is 5.32 Å². The molecule has 2 aromatic carbocycles. The summed E-state index contributed by atoms with van der Waals surface area (Å²) in [5.74, 6) is -0.456. The van der Waals surface area contributed by atoms with E-state index in [1.807, 2.05) is 13.8 Å². The average Bonchev–Trinajstić information content (AvgIpc) is 2.67. The second-order valence-electron chi connectivity index (χ2n) is 6.36. The lowest BCUT2D eigenvalue weighted by Gasteiger charge is -2.14. The first-order chi connectivity index (χ1) is 13.4. The summed E-state index contributed by atoms with van der Waals surface area (Å²) in [4.78, 5) is 29.7. The van der Waals surface area contributed by atoms with E-state index in [0.29, 0.717) is 34.2 Å². The number of aryl methyl sites for hydroxylation is 2. The van der Waals surface area contributed by atoms with Crippen LogP contribution in [-0.2, 0) is 17.8 Å². The van der Waals surface area contributed by atoms with Gasteiger partial charge in [0.15, 0.2) is 0 Å². The van der Waals surface area contributed by atoms with E-state index in [9.17, 15) is 14.0 Å². The fourth-order valence-corrected chi connectivity index (χ4v) is 2.94. The summed E-state index contributed by atoms with van der Waals surface area (Å²) in [5.41, 5.74) is 2.24. The van der Waals surface area contributed by atoms with E-state index < -0.39 is 5.82 Å². The van der Waals surface area contributed by atoms with Crippen LogP contribution in [0.3, 0.4) is 0 Å². The van der Waals surface area contributed by atoms with E-state index in [-0.39, 0.29) is 18.0 Å². The van der Waals surface area contributed by atoms with Gasteiger partial charge in [0.1, 0.15) is 18.2 Å². The molecule has 0 fully saturated rings. The molecule has 3 aromatic rings. The first-order valence-electron chi connectivity index (χ1n) is 8.80. The second-order valence-corrected chi connectivity index (χ2v) is 6.80. The molecule has 0 aliphatic carbocycles. The first-order valence-corrected chi connectivity index (χ1v) is 9.18. The summed E-state index contributed by atoms with van der Waals surface area (Å²) in [6.45, 7) is 3.50. The van der Waals surface area contributed by atoms with Crippen LogP contribution in [0.15, 0.2) is 53.3 Å². The number of halogens is 2. The van der Waals surface area contributed by atoms with Gasteiger partial charge >= 0.3 is 0 Å². The number of anilines is 1. The Morgan fingerprint density at radius 1 is 1.18 bits per heavy atom. The normalized spacial score (nSPS) is 10.7.